The van der Waals surface area contributed by atoms with E-state index in [2.05, 4.69) is 4.72 Å². The smallest absolute Gasteiger partial charge is 0.202 e. The summed E-state index contributed by atoms with van der Waals surface area (Å²) in [5.74, 6) is 0.756. The van der Waals surface area contributed by atoms with Gasteiger partial charge in [-0.2, -0.15) is 12.7 Å². The van der Waals surface area contributed by atoms with Crippen molar-refractivity contribution in [2.75, 3.05) is 19.6 Å². The van der Waals surface area contributed by atoms with Crippen LogP contribution in [-0.2, 0) is 10.2 Å². The number of nitrogens with zero attached hydrogens (tertiary/aromatic N) is 1. The summed E-state index contributed by atoms with van der Waals surface area (Å²) in [5, 5.41) is 0. The number of hydrogen-bond donors (Lipinski definition) is 1. The van der Waals surface area contributed by atoms with Gasteiger partial charge in [0.25, 0.3) is 10.2 Å². The maximum absolute atomic E-state index is 11.4. The van der Waals surface area contributed by atoms with Gasteiger partial charge in [0, 0.05) is 19.6 Å². The molecule has 0 radical (unpaired) electrons. The van der Waals surface area contributed by atoms with Gasteiger partial charge in [-0.3, -0.25) is 0 Å². The fourth-order valence-corrected chi connectivity index (χ4v) is 3.18. The number of hydrogen-bond acceptors (Lipinski definition) is 2. The average Bonchev–Trinajstić information content (AvgIpc) is 2.87. The van der Waals surface area contributed by atoms with Gasteiger partial charge in [-0.15, -0.1) is 0 Å². The standard InChI is InChI=1S/C9H18N2O2S/c12-14(13,11-7-8-11)10-6-5-9-3-1-2-4-9/h9-10H,1-8H2. The van der Waals surface area contributed by atoms with Crippen molar-refractivity contribution >= 4 is 10.2 Å². The van der Waals surface area contributed by atoms with E-state index in [1.54, 1.807) is 0 Å². The van der Waals surface area contributed by atoms with Crippen LogP contribution in [0.2, 0.25) is 0 Å². The van der Waals surface area contributed by atoms with Crippen LogP contribution < -0.4 is 4.72 Å². The molecule has 0 atom stereocenters. The molecule has 0 bridgehead atoms. The third-order valence-corrected chi connectivity index (χ3v) is 4.67. The van der Waals surface area contributed by atoms with E-state index >= 15 is 0 Å². The van der Waals surface area contributed by atoms with Gasteiger partial charge in [-0.25, -0.2) is 4.72 Å². The lowest BCUT2D eigenvalue weighted by molar-refractivity contribution is 0.489. The molecule has 82 valence electrons. The van der Waals surface area contributed by atoms with Crippen molar-refractivity contribution in [3.05, 3.63) is 0 Å². The van der Waals surface area contributed by atoms with Crippen LogP contribution in [-0.4, -0.2) is 32.4 Å². The second-order valence-electron chi connectivity index (χ2n) is 4.24. The molecule has 1 aliphatic heterocycles. The summed E-state index contributed by atoms with van der Waals surface area (Å²) in [6, 6.07) is 0. The van der Waals surface area contributed by atoms with Gasteiger partial charge in [0.1, 0.15) is 0 Å². The van der Waals surface area contributed by atoms with E-state index in [1.165, 1.54) is 30.0 Å². The predicted molar refractivity (Wildman–Crippen MR) is 55.1 cm³/mol. The summed E-state index contributed by atoms with van der Waals surface area (Å²) in [7, 11) is -3.10. The van der Waals surface area contributed by atoms with Gasteiger partial charge in [0.15, 0.2) is 0 Å². The predicted octanol–water partition coefficient (Wildman–Crippen LogP) is 0.717. The van der Waals surface area contributed by atoms with E-state index in [0.29, 0.717) is 19.6 Å². The molecular formula is C9H18N2O2S. The molecule has 1 saturated heterocycles. The Bertz CT molecular complexity index is 279. The molecule has 0 aromatic rings. The highest BCUT2D eigenvalue weighted by Gasteiger charge is 2.31. The SMILES string of the molecule is O=S(=O)(NCCC1CCCC1)N1CC1. The summed E-state index contributed by atoms with van der Waals surface area (Å²) < 4.78 is 26.9. The molecule has 0 amide bonds. The van der Waals surface area contributed by atoms with Crippen LogP contribution in [0.3, 0.4) is 0 Å². The first-order valence-corrected chi connectivity index (χ1v) is 6.87. The molecule has 2 aliphatic rings. The zero-order valence-corrected chi connectivity index (χ0v) is 9.22. The normalized spacial score (nSPS) is 24.3. The summed E-state index contributed by atoms with van der Waals surface area (Å²) in [6.45, 7) is 2.00. The van der Waals surface area contributed by atoms with Crippen molar-refractivity contribution in [2.45, 2.75) is 32.1 Å². The first kappa shape index (κ1) is 10.4. The van der Waals surface area contributed by atoms with Crippen molar-refractivity contribution < 1.29 is 8.42 Å². The third kappa shape index (κ3) is 2.68. The Kier molecular flexibility index (Phi) is 3.09. The molecule has 14 heavy (non-hydrogen) atoms. The van der Waals surface area contributed by atoms with Gasteiger partial charge in [-0.05, 0) is 12.3 Å². The second kappa shape index (κ2) is 4.16. The third-order valence-electron chi connectivity index (χ3n) is 3.06. The topological polar surface area (TPSA) is 49.2 Å². The molecule has 2 fully saturated rings. The van der Waals surface area contributed by atoms with Crippen molar-refractivity contribution in [2.24, 2.45) is 5.92 Å². The summed E-state index contributed by atoms with van der Waals surface area (Å²) in [4.78, 5) is 0. The molecule has 1 heterocycles. The van der Waals surface area contributed by atoms with Gasteiger partial charge in [-0.1, -0.05) is 25.7 Å². The maximum Gasteiger partial charge on any atom is 0.279 e. The molecule has 1 N–H and O–H groups in total. The van der Waals surface area contributed by atoms with Crippen LogP contribution in [0.4, 0.5) is 0 Å². The molecule has 1 saturated carbocycles. The highest BCUT2D eigenvalue weighted by Crippen LogP contribution is 2.27. The molecule has 4 nitrogen and oxygen atoms in total. The van der Waals surface area contributed by atoms with Crippen LogP contribution in [0.1, 0.15) is 32.1 Å². The monoisotopic (exact) mass is 218 g/mol. The molecule has 1 aliphatic carbocycles. The Hall–Kier alpha value is -0.130. The van der Waals surface area contributed by atoms with Gasteiger partial charge in [0.05, 0.1) is 0 Å². The van der Waals surface area contributed by atoms with E-state index in [0.717, 1.165) is 12.3 Å². The number of rotatable bonds is 5. The van der Waals surface area contributed by atoms with Crippen molar-refractivity contribution in [3.8, 4) is 0 Å². The van der Waals surface area contributed by atoms with Crippen molar-refractivity contribution in [3.63, 3.8) is 0 Å². The van der Waals surface area contributed by atoms with E-state index in [1.807, 2.05) is 0 Å². The minimum absolute atomic E-state index is 0.615. The van der Waals surface area contributed by atoms with Crippen LogP contribution >= 0.6 is 0 Å². The Morgan fingerprint density at radius 1 is 1.21 bits per heavy atom. The van der Waals surface area contributed by atoms with Crippen LogP contribution in [0.15, 0.2) is 0 Å². The van der Waals surface area contributed by atoms with E-state index in [9.17, 15) is 8.42 Å². The fraction of sp³-hybridized carbons (Fsp3) is 1.00. The molecular weight excluding hydrogens is 200 g/mol. The van der Waals surface area contributed by atoms with Crippen LogP contribution in [0, 0.1) is 5.92 Å². The molecule has 5 heteroatoms. The zero-order chi connectivity index (χ0) is 10.0. The molecule has 0 spiro atoms. The first-order chi connectivity index (χ1) is 6.68. The minimum atomic E-state index is -3.10. The van der Waals surface area contributed by atoms with E-state index in [-0.39, 0.29) is 0 Å². The Morgan fingerprint density at radius 2 is 1.86 bits per heavy atom. The highest BCUT2D eigenvalue weighted by molar-refractivity contribution is 7.87. The van der Waals surface area contributed by atoms with E-state index < -0.39 is 10.2 Å². The van der Waals surface area contributed by atoms with Crippen LogP contribution in [0.5, 0.6) is 0 Å². The van der Waals surface area contributed by atoms with Gasteiger partial charge in [0.2, 0.25) is 0 Å². The Morgan fingerprint density at radius 3 is 2.43 bits per heavy atom. The largest absolute Gasteiger partial charge is 0.279 e. The van der Waals surface area contributed by atoms with Gasteiger partial charge >= 0.3 is 0 Å². The summed E-state index contributed by atoms with van der Waals surface area (Å²) in [5.41, 5.74) is 0. The molecule has 2 rings (SSSR count). The lowest BCUT2D eigenvalue weighted by Gasteiger charge is -2.10. The first-order valence-electron chi connectivity index (χ1n) is 5.43. The number of nitrogens with one attached hydrogen (secondary N) is 1. The van der Waals surface area contributed by atoms with Crippen LogP contribution in [0.25, 0.3) is 0 Å². The second-order valence-corrected chi connectivity index (χ2v) is 5.99. The molecule has 0 aromatic carbocycles. The maximum atomic E-state index is 11.4. The van der Waals surface area contributed by atoms with Crippen molar-refractivity contribution in [1.82, 2.24) is 9.03 Å². The highest BCUT2D eigenvalue weighted by atomic mass is 32.2. The fourth-order valence-electron chi connectivity index (χ4n) is 2.06. The Labute approximate surface area is 85.9 Å². The van der Waals surface area contributed by atoms with Crippen molar-refractivity contribution in [1.29, 1.82) is 0 Å². The Balaban J connectivity index is 1.66. The summed E-state index contributed by atoms with van der Waals surface area (Å²) in [6.07, 6.45) is 6.22. The quantitative estimate of drug-likeness (QED) is 0.691. The minimum Gasteiger partial charge on any atom is -0.202 e. The van der Waals surface area contributed by atoms with Gasteiger partial charge < -0.3 is 0 Å². The summed E-state index contributed by atoms with van der Waals surface area (Å²) >= 11 is 0. The molecule has 0 aromatic heterocycles. The average molecular weight is 218 g/mol. The van der Waals surface area contributed by atoms with E-state index in [4.69, 9.17) is 0 Å². The zero-order valence-electron chi connectivity index (χ0n) is 8.41. The lowest BCUT2D eigenvalue weighted by Crippen LogP contribution is -2.31. The lowest BCUT2D eigenvalue weighted by atomic mass is 10.1. The molecule has 0 unspecified atom stereocenters.